The van der Waals surface area contributed by atoms with E-state index < -0.39 is 0 Å². The third-order valence-corrected chi connectivity index (χ3v) is 2.78. The average Bonchev–Trinajstić information content (AvgIpc) is 2.58. The van der Waals surface area contributed by atoms with Gasteiger partial charge in [0.1, 0.15) is 5.82 Å². The largest absolute Gasteiger partial charge is 0.348 e. The second kappa shape index (κ2) is 2.90. The highest BCUT2D eigenvalue weighted by Crippen LogP contribution is 2.29. The summed E-state index contributed by atoms with van der Waals surface area (Å²) in [6.07, 6.45) is 6.10. The molecule has 1 saturated heterocycles. The summed E-state index contributed by atoms with van der Waals surface area (Å²) in [5.74, 6) is 1.14. The predicted octanol–water partition coefficient (Wildman–Crippen LogP) is 1.05. The molecule has 1 fully saturated rings. The molecule has 2 N–H and O–H groups in total. The van der Waals surface area contributed by atoms with Gasteiger partial charge in [-0.15, -0.1) is 0 Å². The van der Waals surface area contributed by atoms with E-state index in [0.717, 1.165) is 18.9 Å². The lowest BCUT2D eigenvalue weighted by molar-refractivity contribution is 0.321. The summed E-state index contributed by atoms with van der Waals surface area (Å²) in [6.45, 7) is 4.50. The zero-order valence-corrected chi connectivity index (χ0v) is 7.43. The van der Waals surface area contributed by atoms with Crippen LogP contribution in [0.3, 0.4) is 0 Å². The van der Waals surface area contributed by atoms with Gasteiger partial charge in [0.2, 0.25) is 0 Å². The zero-order valence-electron chi connectivity index (χ0n) is 7.43. The molecule has 2 heterocycles. The summed E-state index contributed by atoms with van der Waals surface area (Å²) >= 11 is 0. The smallest absolute Gasteiger partial charge is 0.112 e. The van der Waals surface area contributed by atoms with Gasteiger partial charge in [-0.3, -0.25) is 0 Å². The lowest BCUT2D eigenvalue weighted by atomic mass is 9.80. The van der Waals surface area contributed by atoms with Crippen molar-refractivity contribution in [1.82, 2.24) is 15.3 Å². The molecule has 2 rings (SSSR count). The monoisotopic (exact) mass is 165 g/mol. The minimum Gasteiger partial charge on any atom is -0.348 e. The summed E-state index contributed by atoms with van der Waals surface area (Å²) < 4.78 is 0. The van der Waals surface area contributed by atoms with E-state index >= 15 is 0 Å². The Kier molecular flexibility index (Phi) is 1.89. The van der Waals surface area contributed by atoms with Crippen LogP contribution in [0.15, 0.2) is 12.4 Å². The molecule has 66 valence electrons. The van der Waals surface area contributed by atoms with Crippen molar-refractivity contribution in [3.05, 3.63) is 18.2 Å². The molecule has 0 aromatic carbocycles. The van der Waals surface area contributed by atoms with Crippen LogP contribution in [0.2, 0.25) is 0 Å². The number of aromatic amines is 1. The van der Waals surface area contributed by atoms with Gasteiger partial charge in [0.15, 0.2) is 0 Å². The normalized spacial score (nSPS) is 22.4. The van der Waals surface area contributed by atoms with Gasteiger partial charge >= 0.3 is 0 Å². The Morgan fingerprint density at radius 2 is 2.17 bits per heavy atom. The number of aromatic nitrogens is 2. The van der Waals surface area contributed by atoms with Gasteiger partial charge in [-0.05, 0) is 25.9 Å². The molecular formula is C9H15N3. The van der Waals surface area contributed by atoms with Crippen LogP contribution in [0.1, 0.15) is 25.6 Å². The molecule has 0 spiro atoms. The Morgan fingerprint density at radius 1 is 1.42 bits per heavy atom. The van der Waals surface area contributed by atoms with Crippen molar-refractivity contribution >= 4 is 0 Å². The van der Waals surface area contributed by atoms with Crippen LogP contribution in [0, 0.1) is 0 Å². The SMILES string of the molecule is CC1(c2ncc[nH]2)CCNCC1. The van der Waals surface area contributed by atoms with Crippen LogP contribution in [0.25, 0.3) is 0 Å². The molecule has 0 unspecified atom stereocenters. The maximum atomic E-state index is 4.33. The van der Waals surface area contributed by atoms with Crippen LogP contribution in [0.4, 0.5) is 0 Å². The molecule has 0 atom stereocenters. The number of nitrogens with one attached hydrogen (secondary N) is 2. The molecule has 1 aromatic rings. The summed E-state index contributed by atoms with van der Waals surface area (Å²) in [6, 6.07) is 0. The molecule has 0 radical (unpaired) electrons. The van der Waals surface area contributed by atoms with Crippen molar-refractivity contribution in [2.24, 2.45) is 0 Å². The van der Waals surface area contributed by atoms with Crippen LogP contribution < -0.4 is 5.32 Å². The van der Waals surface area contributed by atoms with E-state index in [2.05, 4.69) is 22.2 Å². The Hall–Kier alpha value is -0.830. The third-order valence-electron chi connectivity index (χ3n) is 2.78. The number of imidazole rings is 1. The molecule has 0 aliphatic carbocycles. The Morgan fingerprint density at radius 3 is 2.75 bits per heavy atom. The van der Waals surface area contributed by atoms with Crippen molar-refractivity contribution in [3.8, 4) is 0 Å². The van der Waals surface area contributed by atoms with Crippen LogP contribution in [0.5, 0.6) is 0 Å². The fourth-order valence-electron chi connectivity index (χ4n) is 1.81. The van der Waals surface area contributed by atoms with Crippen molar-refractivity contribution in [1.29, 1.82) is 0 Å². The van der Waals surface area contributed by atoms with Gasteiger partial charge in [-0.1, -0.05) is 6.92 Å². The van der Waals surface area contributed by atoms with E-state index in [-0.39, 0.29) is 5.41 Å². The molecule has 0 bridgehead atoms. The summed E-state index contributed by atoms with van der Waals surface area (Å²) in [7, 11) is 0. The van der Waals surface area contributed by atoms with E-state index in [1.54, 1.807) is 0 Å². The second-order valence-electron chi connectivity index (χ2n) is 3.75. The predicted molar refractivity (Wildman–Crippen MR) is 48.0 cm³/mol. The van der Waals surface area contributed by atoms with Gasteiger partial charge in [0, 0.05) is 17.8 Å². The summed E-state index contributed by atoms with van der Waals surface area (Å²) in [5, 5.41) is 3.36. The van der Waals surface area contributed by atoms with Crippen molar-refractivity contribution in [3.63, 3.8) is 0 Å². The maximum absolute atomic E-state index is 4.33. The first-order chi connectivity index (χ1) is 5.81. The van der Waals surface area contributed by atoms with Gasteiger partial charge < -0.3 is 10.3 Å². The highest BCUT2D eigenvalue weighted by Gasteiger charge is 2.30. The lowest BCUT2D eigenvalue weighted by Crippen LogP contribution is -2.38. The zero-order chi connectivity index (χ0) is 8.44. The molecule has 3 nitrogen and oxygen atoms in total. The number of hydrogen-bond donors (Lipinski definition) is 2. The molecule has 3 heteroatoms. The Bertz CT molecular complexity index is 234. The summed E-state index contributed by atoms with van der Waals surface area (Å²) in [4.78, 5) is 7.54. The first-order valence-corrected chi connectivity index (χ1v) is 4.52. The van der Waals surface area contributed by atoms with Crippen molar-refractivity contribution in [2.75, 3.05) is 13.1 Å². The topological polar surface area (TPSA) is 40.7 Å². The lowest BCUT2D eigenvalue weighted by Gasteiger charge is -2.31. The first kappa shape index (κ1) is 7.80. The molecule has 0 saturated carbocycles. The molecule has 1 aliphatic heterocycles. The first-order valence-electron chi connectivity index (χ1n) is 4.52. The van der Waals surface area contributed by atoms with Gasteiger partial charge in [-0.2, -0.15) is 0 Å². The van der Waals surface area contributed by atoms with Gasteiger partial charge in [0.25, 0.3) is 0 Å². The number of H-pyrrole nitrogens is 1. The standard InChI is InChI=1S/C9H15N3/c1-9(2-4-10-5-3-9)8-11-6-7-12-8/h6-7,10H,2-5H2,1H3,(H,11,12). The Balaban J connectivity index is 2.19. The van der Waals surface area contributed by atoms with Crippen molar-refractivity contribution in [2.45, 2.75) is 25.2 Å². The fourth-order valence-corrected chi connectivity index (χ4v) is 1.81. The van der Waals surface area contributed by atoms with Gasteiger partial charge in [0.05, 0.1) is 0 Å². The van der Waals surface area contributed by atoms with Crippen molar-refractivity contribution < 1.29 is 0 Å². The Labute approximate surface area is 72.6 Å². The maximum Gasteiger partial charge on any atom is 0.112 e. The third kappa shape index (κ3) is 1.25. The minimum atomic E-state index is 0.273. The number of hydrogen-bond acceptors (Lipinski definition) is 2. The average molecular weight is 165 g/mol. The second-order valence-corrected chi connectivity index (χ2v) is 3.75. The minimum absolute atomic E-state index is 0.273. The van der Waals surface area contributed by atoms with Gasteiger partial charge in [-0.25, -0.2) is 4.98 Å². The number of piperidine rings is 1. The highest BCUT2D eigenvalue weighted by atomic mass is 14.9. The van der Waals surface area contributed by atoms with E-state index in [0.29, 0.717) is 0 Å². The van der Waals surface area contributed by atoms with E-state index in [1.807, 2.05) is 12.4 Å². The van der Waals surface area contributed by atoms with Crippen LogP contribution in [-0.2, 0) is 5.41 Å². The number of nitrogens with zero attached hydrogens (tertiary/aromatic N) is 1. The summed E-state index contributed by atoms with van der Waals surface area (Å²) in [5.41, 5.74) is 0.273. The molecule has 0 amide bonds. The highest BCUT2D eigenvalue weighted by molar-refractivity contribution is 5.07. The molecule has 1 aromatic heterocycles. The van der Waals surface area contributed by atoms with E-state index in [4.69, 9.17) is 0 Å². The molecule has 1 aliphatic rings. The van der Waals surface area contributed by atoms with E-state index in [9.17, 15) is 0 Å². The molecule has 12 heavy (non-hydrogen) atoms. The van der Waals surface area contributed by atoms with Crippen LogP contribution in [-0.4, -0.2) is 23.1 Å². The molecular weight excluding hydrogens is 150 g/mol. The fraction of sp³-hybridized carbons (Fsp3) is 0.667. The quantitative estimate of drug-likeness (QED) is 0.653. The number of rotatable bonds is 1. The van der Waals surface area contributed by atoms with Crippen LogP contribution >= 0.6 is 0 Å². The van der Waals surface area contributed by atoms with E-state index in [1.165, 1.54) is 12.8 Å².